The minimum absolute atomic E-state index is 0.676. The lowest BCUT2D eigenvalue weighted by atomic mass is 10.1. The Bertz CT molecular complexity index is 313. The standard InChI is InChI=1S/C10H12F4O2/c1-10(2)5(6(10)9(15)16)3-4(7(11)12)8(13)14/h3,5-8H,1-2H3,(H,15,16)/p-1/t5-,6+/m0/s1. The largest absolute Gasteiger partial charge is 0.550 e. The molecule has 1 aliphatic carbocycles. The zero-order valence-electron chi connectivity index (χ0n) is 8.72. The zero-order chi connectivity index (χ0) is 12.7. The average Bonchev–Trinajstić information content (AvgIpc) is 2.62. The van der Waals surface area contributed by atoms with Crippen LogP contribution in [0.5, 0.6) is 0 Å². The molecule has 0 amide bonds. The summed E-state index contributed by atoms with van der Waals surface area (Å²) in [5, 5.41) is 10.6. The Balaban J connectivity index is 2.89. The highest BCUT2D eigenvalue weighted by Gasteiger charge is 2.57. The number of carbonyl (C=O) groups is 1. The first-order valence-corrected chi connectivity index (χ1v) is 4.68. The molecule has 0 radical (unpaired) electrons. The van der Waals surface area contributed by atoms with Gasteiger partial charge in [0.1, 0.15) is 0 Å². The summed E-state index contributed by atoms with van der Waals surface area (Å²) in [4.78, 5) is 10.6. The van der Waals surface area contributed by atoms with Crippen LogP contribution in [0.25, 0.3) is 0 Å². The number of allylic oxidation sites excluding steroid dienone is 2. The van der Waals surface area contributed by atoms with Crippen LogP contribution in [0.1, 0.15) is 13.8 Å². The maximum absolute atomic E-state index is 12.2. The highest BCUT2D eigenvalue weighted by molar-refractivity contribution is 5.74. The van der Waals surface area contributed by atoms with E-state index in [1.165, 1.54) is 13.8 Å². The van der Waals surface area contributed by atoms with E-state index in [-0.39, 0.29) is 0 Å². The van der Waals surface area contributed by atoms with Gasteiger partial charge < -0.3 is 9.90 Å². The van der Waals surface area contributed by atoms with Crippen molar-refractivity contribution in [2.45, 2.75) is 26.7 Å². The van der Waals surface area contributed by atoms with Crippen molar-refractivity contribution in [3.63, 3.8) is 0 Å². The second kappa shape index (κ2) is 4.07. The van der Waals surface area contributed by atoms with Gasteiger partial charge in [-0.2, -0.15) is 0 Å². The molecule has 0 saturated heterocycles. The third kappa shape index (κ3) is 2.20. The lowest BCUT2D eigenvalue weighted by molar-refractivity contribution is -0.309. The molecule has 1 aliphatic rings. The molecule has 0 spiro atoms. The maximum Gasteiger partial charge on any atom is 0.265 e. The molecule has 2 atom stereocenters. The van der Waals surface area contributed by atoms with Crippen molar-refractivity contribution < 1.29 is 27.5 Å². The van der Waals surface area contributed by atoms with Gasteiger partial charge in [0.05, 0.1) is 5.57 Å². The predicted octanol–water partition coefficient (Wildman–Crippen LogP) is 1.47. The molecule has 0 N–H and O–H groups in total. The van der Waals surface area contributed by atoms with E-state index >= 15 is 0 Å². The van der Waals surface area contributed by atoms with Crippen LogP contribution in [0.15, 0.2) is 11.6 Å². The Hall–Kier alpha value is -1.07. The van der Waals surface area contributed by atoms with Crippen molar-refractivity contribution in [2.75, 3.05) is 0 Å². The number of hydrogen-bond donors (Lipinski definition) is 0. The molecular formula is C10H11F4O2-. The van der Waals surface area contributed by atoms with E-state index in [9.17, 15) is 27.5 Å². The van der Waals surface area contributed by atoms with Gasteiger partial charge in [0.15, 0.2) is 0 Å². The molecule has 6 heteroatoms. The molecule has 0 aromatic rings. The number of carboxylic acid groups (broad SMARTS) is 1. The molecule has 0 aliphatic heterocycles. The first-order chi connectivity index (χ1) is 7.19. The van der Waals surface area contributed by atoms with E-state index in [1.54, 1.807) is 0 Å². The van der Waals surface area contributed by atoms with Crippen LogP contribution >= 0.6 is 0 Å². The minimum atomic E-state index is -3.26. The molecule has 0 aromatic carbocycles. The fourth-order valence-corrected chi connectivity index (χ4v) is 1.89. The molecule has 1 fully saturated rings. The van der Waals surface area contributed by atoms with Gasteiger partial charge in [0.25, 0.3) is 12.9 Å². The normalized spacial score (nSPS) is 27.0. The molecular weight excluding hydrogens is 228 g/mol. The first kappa shape index (κ1) is 13.0. The van der Waals surface area contributed by atoms with Crippen LogP contribution in [0.4, 0.5) is 17.6 Å². The molecule has 92 valence electrons. The zero-order valence-corrected chi connectivity index (χ0v) is 8.72. The van der Waals surface area contributed by atoms with Gasteiger partial charge in [-0.1, -0.05) is 19.9 Å². The van der Waals surface area contributed by atoms with Crippen LogP contribution in [0, 0.1) is 17.3 Å². The lowest BCUT2D eigenvalue weighted by Crippen LogP contribution is -2.26. The van der Waals surface area contributed by atoms with Gasteiger partial charge in [-0.15, -0.1) is 0 Å². The van der Waals surface area contributed by atoms with Gasteiger partial charge in [0.2, 0.25) is 0 Å². The monoisotopic (exact) mass is 239 g/mol. The van der Waals surface area contributed by atoms with Gasteiger partial charge in [-0.3, -0.25) is 0 Å². The van der Waals surface area contributed by atoms with Crippen LogP contribution in [-0.2, 0) is 4.79 Å². The van der Waals surface area contributed by atoms with Crippen LogP contribution in [-0.4, -0.2) is 18.8 Å². The number of alkyl halides is 4. The smallest absolute Gasteiger partial charge is 0.265 e. The van der Waals surface area contributed by atoms with Gasteiger partial charge in [0, 0.05) is 11.9 Å². The molecule has 16 heavy (non-hydrogen) atoms. The Kier molecular flexibility index (Phi) is 3.30. The van der Waals surface area contributed by atoms with Crippen LogP contribution < -0.4 is 5.11 Å². The predicted molar refractivity (Wildman–Crippen MR) is 45.9 cm³/mol. The molecule has 1 rings (SSSR count). The SMILES string of the molecule is CC1(C)[C@@H](C=C(C(F)F)C(F)F)[C@@H]1C(=O)[O-]. The van der Waals surface area contributed by atoms with Crippen LogP contribution in [0.2, 0.25) is 0 Å². The summed E-state index contributed by atoms with van der Waals surface area (Å²) in [6, 6.07) is 0. The summed E-state index contributed by atoms with van der Waals surface area (Å²) in [5.41, 5.74) is -2.10. The molecule has 0 heterocycles. The molecule has 0 unspecified atom stereocenters. The molecule has 0 bridgehead atoms. The third-order valence-electron chi connectivity index (χ3n) is 3.04. The van der Waals surface area contributed by atoms with E-state index in [1.807, 2.05) is 0 Å². The highest BCUT2D eigenvalue weighted by Crippen LogP contribution is 2.59. The van der Waals surface area contributed by atoms with Crippen LogP contribution in [0.3, 0.4) is 0 Å². The second-order valence-electron chi connectivity index (χ2n) is 4.41. The fourth-order valence-electron chi connectivity index (χ4n) is 1.89. The van der Waals surface area contributed by atoms with Gasteiger partial charge in [-0.05, 0) is 11.3 Å². The Labute approximate surface area is 89.9 Å². The molecule has 1 saturated carbocycles. The summed E-state index contributed by atoms with van der Waals surface area (Å²) in [5.74, 6) is -3.18. The number of halogens is 4. The topological polar surface area (TPSA) is 40.1 Å². The maximum atomic E-state index is 12.2. The van der Waals surface area contributed by atoms with Crippen molar-refractivity contribution in [1.82, 2.24) is 0 Å². The average molecular weight is 239 g/mol. The molecule has 0 aromatic heterocycles. The summed E-state index contributed by atoms with van der Waals surface area (Å²) >= 11 is 0. The number of rotatable bonds is 4. The van der Waals surface area contributed by atoms with E-state index in [0.29, 0.717) is 6.08 Å². The van der Waals surface area contributed by atoms with Crippen molar-refractivity contribution in [2.24, 2.45) is 17.3 Å². The Morgan fingerprint density at radius 3 is 1.94 bits per heavy atom. The van der Waals surface area contributed by atoms with Crippen molar-refractivity contribution in [1.29, 1.82) is 0 Å². The first-order valence-electron chi connectivity index (χ1n) is 4.68. The Morgan fingerprint density at radius 1 is 1.25 bits per heavy atom. The number of hydrogen-bond acceptors (Lipinski definition) is 2. The Morgan fingerprint density at radius 2 is 1.69 bits per heavy atom. The molecule has 2 nitrogen and oxygen atoms in total. The number of carbonyl (C=O) groups excluding carboxylic acids is 1. The number of aliphatic carboxylic acids is 1. The summed E-state index contributed by atoms with van der Waals surface area (Å²) in [7, 11) is 0. The van der Waals surface area contributed by atoms with Gasteiger partial charge in [-0.25, -0.2) is 17.6 Å². The van der Waals surface area contributed by atoms with E-state index in [2.05, 4.69) is 0 Å². The second-order valence-corrected chi connectivity index (χ2v) is 4.41. The van der Waals surface area contributed by atoms with Crippen molar-refractivity contribution in [3.05, 3.63) is 11.6 Å². The fraction of sp³-hybridized carbons (Fsp3) is 0.700. The number of carboxylic acids is 1. The lowest BCUT2D eigenvalue weighted by Gasteiger charge is -2.05. The van der Waals surface area contributed by atoms with E-state index < -0.39 is 41.6 Å². The summed E-state index contributed by atoms with van der Waals surface area (Å²) in [6.07, 6.45) is -5.85. The summed E-state index contributed by atoms with van der Waals surface area (Å²) in [6.45, 7) is 3.03. The van der Waals surface area contributed by atoms with E-state index in [4.69, 9.17) is 0 Å². The van der Waals surface area contributed by atoms with E-state index in [0.717, 1.165) is 0 Å². The quantitative estimate of drug-likeness (QED) is 0.550. The van der Waals surface area contributed by atoms with Gasteiger partial charge >= 0.3 is 0 Å². The third-order valence-corrected chi connectivity index (χ3v) is 3.04. The highest BCUT2D eigenvalue weighted by atomic mass is 19.3. The van der Waals surface area contributed by atoms with Crippen molar-refractivity contribution in [3.8, 4) is 0 Å². The minimum Gasteiger partial charge on any atom is -0.550 e. The van der Waals surface area contributed by atoms with Crippen molar-refractivity contribution >= 4 is 5.97 Å². The summed E-state index contributed by atoms with van der Waals surface area (Å²) < 4.78 is 48.8.